The van der Waals surface area contributed by atoms with Gasteiger partial charge in [0.25, 0.3) is 0 Å². The number of halogens is 2. The fourth-order valence-electron chi connectivity index (χ4n) is 1.38. The fraction of sp³-hybridized carbons (Fsp3) is 0.300. The molecule has 0 fully saturated rings. The molecule has 2 heterocycles. The monoisotopic (exact) mass is 304 g/mol. The molecule has 15 heavy (non-hydrogen) atoms. The van der Waals surface area contributed by atoms with Gasteiger partial charge in [-0.25, -0.2) is 0 Å². The first-order chi connectivity index (χ1) is 7.18. The maximum Gasteiger partial charge on any atom is 0.108 e. The van der Waals surface area contributed by atoms with E-state index >= 15 is 0 Å². The average molecular weight is 306 g/mol. The van der Waals surface area contributed by atoms with E-state index in [0.29, 0.717) is 0 Å². The molecule has 5 heteroatoms. The molecule has 0 aliphatic heterocycles. The molecule has 0 saturated carbocycles. The average Bonchev–Trinajstić information content (AvgIpc) is 2.79. The van der Waals surface area contributed by atoms with Crippen LogP contribution in [0, 0.1) is 0 Å². The summed E-state index contributed by atoms with van der Waals surface area (Å²) in [7, 11) is 1.89. The van der Waals surface area contributed by atoms with Crippen LogP contribution in [0.3, 0.4) is 0 Å². The summed E-state index contributed by atoms with van der Waals surface area (Å²) in [6.45, 7) is 0. The van der Waals surface area contributed by atoms with E-state index in [4.69, 9.17) is 11.6 Å². The van der Waals surface area contributed by atoms with E-state index < -0.39 is 0 Å². The fourth-order valence-corrected chi connectivity index (χ4v) is 3.00. The van der Waals surface area contributed by atoms with Gasteiger partial charge in [-0.15, -0.1) is 11.6 Å². The first-order valence-corrected chi connectivity index (χ1v) is 6.68. The molecule has 1 unspecified atom stereocenters. The lowest BCUT2D eigenvalue weighted by Crippen LogP contribution is -1.95. The van der Waals surface area contributed by atoms with E-state index in [1.807, 2.05) is 13.2 Å². The van der Waals surface area contributed by atoms with Crippen molar-refractivity contribution in [3.63, 3.8) is 0 Å². The maximum absolute atomic E-state index is 6.34. The highest BCUT2D eigenvalue weighted by atomic mass is 79.9. The summed E-state index contributed by atoms with van der Waals surface area (Å²) in [6.07, 6.45) is 2.66. The summed E-state index contributed by atoms with van der Waals surface area (Å²) in [6, 6.07) is 2.10. The van der Waals surface area contributed by atoms with Crippen molar-refractivity contribution in [3.8, 4) is 0 Å². The van der Waals surface area contributed by atoms with Gasteiger partial charge in [-0.05, 0) is 44.7 Å². The molecule has 2 aromatic heterocycles. The van der Waals surface area contributed by atoms with E-state index in [0.717, 1.165) is 16.6 Å². The third-order valence-electron chi connectivity index (χ3n) is 2.22. The molecule has 0 aliphatic rings. The van der Waals surface area contributed by atoms with Crippen LogP contribution in [0.15, 0.2) is 27.6 Å². The summed E-state index contributed by atoms with van der Waals surface area (Å²) in [5.41, 5.74) is 2.32. The SMILES string of the molecule is Cn1ncc(C(Cl)Cc2ccsc2)c1Br. The third kappa shape index (κ3) is 2.44. The van der Waals surface area contributed by atoms with Crippen molar-refractivity contribution in [1.29, 1.82) is 0 Å². The Kier molecular flexibility index (Phi) is 3.49. The summed E-state index contributed by atoms with van der Waals surface area (Å²) in [5, 5.41) is 8.32. The van der Waals surface area contributed by atoms with Crippen molar-refractivity contribution in [3.05, 3.63) is 38.8 Å². The van der Waals surface area contributed by atoms with Crippen LogP contribution in [0.1, 0.15) is 16.5 Å². The summed E-state index contributed by atoms with van der Waals surface area (Å²) in [4.78, 5) is 0. The van der Waals surface area contributed by atoms with Gasteiger partial charge in [-0.2, -0.15) is 16.4 Å². The van der Waals surface area contributed by atoms with E-state index in [1.165, 1.54) is 5.56 Å². The van der Waals surface area contributed by atoms with Gasteiger partial charge in [0.2, 0.25) is 0 Å². The number of hydrogen-bond donors (Lipinski definition) is 0. The second-order valence-electron chi connectivity index (χ2n) is 3.32. The molecule has 0 bridgehead atoms. The number of rotatable bonds is 3. The molecule has 1 atom stereocenters. The first kappa shape index (κ1) is 11.2. The Labute approximate surface area is 106 Å². The minimum Gasteiger partial charge on any atom is -0.261 e. The van der Waals surface area contributed by atoms with Gasteiger partial charge in [0.1, 0.15) is 4.60 Å². The van der Waals surface area contributed by atoms with Crippen molar-refractivity contribution in [2.75, 3.05) is 0 Å². The predicted molar refractivity (Wildman–Crippen MR) is 67.5 cm³/mol. The van der Waals surface area contributed by atoms with Gasteiger partial charge in [-0.1, -0.05) is 0 Å². The molecular formula is C10H10BrClN2S. The molecule has 0 aliphatic carbocycles. The van der Waals surface area contributed by atoms with Gasteiger partial charge in [0.15, 0.2) is 0 Å². The molecule has 0 saturated heterocycles. The quantitative estimate of drug-likeness (QED) is 0.789. The van der Waals surface area contributed by atoms with Crippen LogP contribution in [0.25, 0.3) is 0 Å². The smallest absolute Gasteiger partial charge is 0.108 e. The van der Waals surface area contributed by atoms with E-state index in [2.05, 4.69) is 37.9 Å². The Morgan fingerprint density at radius 1 is 1.67 bits per heavy atom. The van der Waals surface area contributed by atoms with Crippen LogP contribution in [0.2, 0.25) is 0 Å². The van der Waals surface area contributed by atoms with Crippen LogP contribution in [-0.4, -0.2) is 9.78 Å². The highest BCUT2D eigenvalue weighted by Gasteiger charge is 2.15. The van der Waals surface area contributed by atoms with Crippen molar-refractivity contribution >= 4 is 38.9 Å². The molecule has 0 aromatic carbocycles. The minimum atomic E-state index is -0.0253. The second-order valence-corrected chi connectivity index (χ2v) is 5.38. The maximum atomic E-state index is 6.34. The van der Waals surface area contributed by atoms with Crippen LogP contribution in [0.5, 0.6) is 0 Å². The number of aromatic nitrogens is 2. The number of nitrogens with zero attached hydrogens (tertiary/aromatic N) is 2. The third-order valence-corrected chi connectivity index (χ3v) is 4.32. The first-order valence-electron chi connectivity index (χ1n) is 4.51. The Hall–Kier alpha value is -0.320. The van der Waals surface area contributed by atoms with Gasteiger partial charge >= 0.3 is 0 Å². The minimum absolute atomic E-state index is 0.0253. The van der Waals surface area contributed by atoms with Gasteiger partial charge < -0.3 is 0 Å². The zero-order chi connectivity index (χ0) is 10.8. The molecule has 0 radical (unpaired) electrons. The van der Waals surface area contributed by atoms with Gasteiger partial charge in [-0.3, -0.25) is 4.68 Å². The van der Waals surface area contributed by atoms with Crippen LogP contribution >= 0.6 is 38.9 Å². The summed E-state index contributed by atoms with van der Waals surface area (Å²) >= 11 is 11.5. The number of alkyl halides is 1. The Morgan fingerprint density at radius 2 is 2.47 bits per heavy atom. The van der Waals surface area contributed by atoms with Crippen LogP contribution < -0.4 is 0 Å². The molecule has 0 N–H and O–H groups in total. The predicted octanol–water partition coefficient (Wildman–Crippen LogP) is 3.77. The topological polar surface area (TPSA) is 17.8 Å². The summed E-state index contributed by atoms with van der Waals surface area (Å²) in [5.74, 6) is 0. The molecule has 80 valence electrons. The highest BCUT2D eigenvalue weighted by Crippen LogP contribution is 2.30. The van der Waals surface area contributed by atoms with Crippen molar-refractivity contribution in [2.24, 2.45) is 7.05 Å². The summed E-state index contributed by atoms with van der Waals surface area (Å²) < 4.78 is 2.73. The molecule has 2 nitrogen and oxygen atoms in total. The Morgan fingerprint density at radius 3 is 3.00 bits per heavy atom. The lowest BCUT2D eigenvalue weighted by Gasteiger charge is -2.06. The Balaban J connectivity index is 2.14. The standard InChI is InChI=1S/C10H10BrClN2S/c1-14-10(11)8(5-13-14)9(12)4-7-2-3-15-6-7/h2-3,5-6,9H,4H2,1H3. The van der Waals surface area contributed by atoms with E-state index in [1.54, 1.807) is 16.0 Å². The molecule has 0 amide bonds. The van der Waals surface area contributed by atoms with Crippen LogP contribution in [0.4, 0.5) is 0 Å². The van der Waals surface area contributed by atoms with E-state index in [9.17, 15) is 0 Å². The number of hydrogen-bond acceptors (Lipinski definition) is 2. The zero-order valence-electron chi connectivity index (χ0n) is 8.15. The van der Waals surface area contributed by atoms with E-state index in [-0.39, 0.29) is 5.38 Å². The zero-order valence-corrected chi connectivity index (χ0v) is 11.3. The molecule has 2 aromatic rings. The van der Waals surface area contributed by atoms with Crippen molar-refractivity contribution < 1.29 is 0 Å². The lowest BCUT2D eigenvalue weighted by atomic mass is 10.1. The van der Waals surface area contributed by atoms with Gasteiger partial charge in [0.05, 0.1) is 11.6 Å². The second kappa shape index (κ2) is 4.68. The highest BCUT2D eigenvalue weighted by molar-refractivity contribution is 9.10. The van der Waals surface area contributed by atoms with Crippen molar-refractivity contribution in [1.82, 2.24) is 9.78 Å². The van der Waals surface area contributed by atoms with Crippen molar-refractivity contribution in [2.45, 2.75) is 11.8 Å². The van der Waals surface area contributed by atoms with Gasteiger partial charge in [0, 0.05) is 12.6 Å². The normalized spacial score (nSPS) is 13.0. The molecule has 0 spiro atoms. The largest absolute Gasteiger partial charge is 0.261 e. The molecule has 2 rings (SSSR count). The van der Waals surface area contributed by atoms with Crippen LogP contribution in [-0.2, 0) is 13.5 Å². The number of thiophene rings is 1. The molecular weight excluding hydrogens is 296 g/mol. The lowest BCUT2D eigenvalue weighted by molar-refractivity contribution is 0.746. The Bertz CT molecular complexity index is 438. The number of aryl methyl sites for hydroxylation is 1.